The molecule has 2 atom stereocenters. The third-order valence-corrected chi connectivity index (χ3v) is 5.23. The topological polar surface area (TPSA) is 53.3 Å². The summed E-state index contributed by atoms with van der Waals surface area (Å²) in [6, 6.07) is 5.31. The van der Waals surface area contributed by atoms with Crippen molar-refractivity contribution in [1.82, 2.24) is 0 Å². The lowest BCUT2D eigenvalue weighted by Gasteiger charge is -2.27. The number of alkyl halides is 3. The van der Waals surface area contributed by atoms with Gasteiger partial charge >= 0.3 is 12.1 Å². The van der Waals surface area contributed by atoms with Gasteiger partial charge in [0, 0.05) is 18.8 Å². The minimum Gasteiger partial charge on any atom is -0.469 e. The maximum absolute atomic E-state index is 13.4. The van der Waals surface area contributed by atoms with Crippen molar-refractivity contribution < 1.29 is 22.7 Å². The van der Waals surface area contributed by atoms with Crippen molar-refractivity contribution in [3.8, 4) is 6.07 Å². The van der Waals surface area contributed by atoms with Crippen LogP contribution in [0.15, 0.2) is 18.2 Å². The first-order valence-corrected chi connectivity index (χ1v) is 7.76. The number of carbonyl (C=O) groups excluding carboxylic acids is 1. The maximum Gasteiger partial charge on any atom is 0.418 e. The number of esters is 1. The summed E-state index contributed by atoms with van der Waals surface area (Å²) in [4.78, 5) is 13.9. The molecule has 2 fully saturated rings. The summed E-state index contributed by atoms with van der Waals surface area (Å²) in [5, 5.41) is 8.87. The Morgan fingerprint density at radius 2 is 2.21 bits per heavy atom. The summed E-state index contributed by atoms with van der Waals surface area (Å²) in [7, 11) is 1.32. The Kier molecular flexibility index (Phi) is 3.94. The zero-order chi connectivity index (χ0) is 17.5. The molecule has 0 aromatic heterocycles. The molecule has 0 radical (unpaired) electrons. The van der Waals surface area contributed by atoms with E-state index < -0.39 is 17.2 Å². The van der Waals surface area contributed by atoms with E-state index in [1.165, 1.54) is 19.2 Å². The average Bonchev–Trinajstić information content (AvgIpc) is 3.10. The largest absolute Gasteiger partial charge is 0.469 e. The molecule has 24 heavy (non-hydrogen) atoms. The van der Waals surface area contributed by atoms with E-state index >= 15 is 0 Å². The van der Waals surface area contributed by atoms with Crippen molar-refractivity contribution in [2.75, 3.05) is 25.1 Å². The average molecular weight is 338 g/mol. The summed E-state index contributed by atoms with van der Waals surface area (Å²) in [6.45, 7) is 0.614. The van der Waals surface area contributed by atoms with Gasteiger partial charge in [-0.25, -0.2) is 0 Å². The normalized spacial score (nSPS) is 26.1. The van der Waals surface area contributed by atoms with Gasteiger partial charge in [-0.3, -0.25) is 4.79 Å². The minimum absolute atomic E-state index is 0.00155. The van der Waals surface area contributed by atoms with Crippen LogP contribution in [0, 0.1) is 22.7 Å². The van der Waals surface area contributed by atoms with Gasteiger partial charge in [0.1, 0.15) is 0 Å². The molecule has 1 aliphatic carbocycles. The van der Waals surface area contributed by atoms with E-state index in [0.29, 0.717) is 13.0 Å². The number of hydrogen-bond donors (Lipinski definition) is 0. The smallest absolute Gasteiger partial charge is 0.418 e. The molecule has 0 bridgehead atoms. The van der Waals surface area contributed by atoms with Crippen molar-refractivity contribution in [3.63, 3.8) is 0 Å². The molecule has 1 aromatic carbocycles. The van der Waals surface area contributed by atoms with Crippen LogP contribution < -0.4 is 4.90 Å². The van der Waals surface area contributed by atoms with E-state index in [0.717, 1.165) is 18.9 Å². The first-order valence-electron chi connectivity index (χ1n) is 7.76. The standard InChI is InChI=1S/C17H17F3N2O2/c1-24-15(23)16-6-2-3-12(16)9-22(10-16)14-5-4-11(8-21)7-13(14)17(18,19)20/h4-5,7,12H,2-3,6,9-10H2,1H3. The number of methoxy groups -OCH3 is 1. The summed E-state index contributed by atoms with van der Waals surface area (Å²) in [5.74, 6) is -0.337. The van der Waals surface area contributed by atoms with Crippen LogP contribution in [-0.2, 0) is 15.7 Å². The lowest BCUT2D eigenvalue weighted by atomic mass is 9.81. The van der Waals surface area contributed by atoms with Gasteiger partial charge < -0.3 is 9.64 Å². The fourth-order valence-electron chi connectivity index (χ4n) is 4.12. The molecule has 1 aliphatic heterocycles. The van der Waals surface area contributed by atoms with Crippen LogP contribution in [0.3, 0.4) is 0 Å². The van der Waals surface area contributed by atoms with E-state index in [9.17, 15) is 18.0 Å². The van der Waals surface area contributed by atoms with Crippen LogP contribution >= 0.6 is 0 Å². The summed E-state index contributed by atoms with van der Waals surface area (Å²) in [5.41, 5.74) is -1.56. The minimum atomic E-state index is -4.56. The third-order valence-electron chi connectivity index (χ3n) is 5.23. The zero-order valence-corrected chi connectivity index (χ0v) is 13.2. The number of fused-ring (bicyclic) bond motifs is 1. The van der Waals surface area contributed by atoms with Gasteiger partial charge in [-0.05, 0) is 37.0 Å². The number of hydrogen-bond acceptors (Lipinski definition) is 4. The highest BCUT2D eigenvalue weighted by atomic mass is 19.4. The fourth-order valence-corrected chi connectivity index (χ4v) is 4.12. The highest BCUT2D eigenvalue weighted by molar-refractivity contribution is 5.80. The Hall–Kier alpha value is -2.23. The van der Waals surface area contributed by atoms with Crippen LogP contribution in [0.2, 0.25) is 0 Å². The van der Waals surface area contributed by atoms with Gasteiger partial charge in [0.05, 0.1) is 29.7 Å². The highest BCUT2D eigenvalue weighted by Gasteiger charge is 2.56. The molecule has 0 spiro atoms. The fraction of sp³-hybridized carbons (Fsp3) is 0.529. The predicted molar refractivity (Wildman–Crippen MR) is 80.2 cm³/mol. The predicted octanol–water partition coefficient (Wildman–Crippen LogP) is 3.36. The van der Waals surface area contributed by atoms with Crippen molar-refractivity contribution in [3.05, 3.63) is 29.3 Å². The van der Waals surface area contributed by atoms with Gasteiger partial charge in [0.15, 0.2) is 0 Å². The van der Waals surface area contributed by atoms with E-state index in [-0.39, 0.29) is 29.7 Å². The molecule has 1 heterocycles. The molecule has 3 rings (SSSR count). The number of rotatable bonds is 2. The number of carbonyl (C=O) groups is 1. The zero-order valence-electron chi connectivity index (χ0n) is 13.2. The van der Waals surface area contributed by atoms with Crippen LogP contribution in [0.1, 0.15) is 30.4 Å². The molecule has 7 heteroatoms. The van der Waals surface area contributed by atoms with E-state index in [1.807, 2.05) is 0 Å². The quantitative estimate of drug-likeness (QED) is 0.776. The molecule has 0 N–H and O–H groups in total. The lowest BCUT2D eigenvalue weighted by molar-refractivity contribution is -0.152. The summed E-state index contributed by atoms with van der Waals surface area (Å²) < 4.78 is 45.1. The molecule has 2 unspecified atom stereocenters. The van der Waals surface area contributed by atoms with Crippen LogP contribution in [-0.4, -0.2) is 26.2 Å². The van der Waals surface area contributed by atoms with Crippen molar-refractivity contribution in [2.45, 2.75) is 25.4 Å². The number of nitrogens with zero attached hydrogens (tertiary/aromatic N) is 2. The molecular formula is C17H17F3N2O2. The molecule has 4 nitrogen and oxygen atoms in total. The molecular weight excluding hydrogens is 321 g/mol. The Labute approximate surface area is 137 Å². The number of nitriles is 1. The van der Waals surface area contributed by atoms with Gasteiger partial charge in [-0.2, -0.15) is 18.4 Å². The second kappa shape index (κ2) is 5.69. The van der Waals surface area contributed by atoms with Crippen LogP contribution in [0.5, 0.6) is 0 Å². The molecule has 2 aliphatic rings. The lowest BCUT2D eigenvalue weighted by Crippen LogP contribution is -2.37. The third kappa shape index (κ3) is 2.50. The van der Waals surface area contributed by atoms with Gasteiger partial charge in [0.25, 0.3) is 0 Å². The number of ether oxygens (including phenoxy) is 1. The Morgan fingerprint density at radius 1 is 1.46 bits per heavy atom. The van der Waals surface area contributed by atoms with E-state index in [2.05, 4.69) is 0 Å². The maximum atomic E-state index is 13.4. The highest BCUT2D eigenvalue weighted by Crippen LogP contribution is 2.51. The first-order chi connectivity index (χ1) is 11.3. The monoisotopic (exact) mass is 338 g/mol. The Morgan fingerprint density at radius 3 is 2.83 bits per heavy atom. The van der Waals surface area contributed by atoms with Crippen LogP contribution in [0.4, 0.5) is 18.9 Å². The Bertz CT molecular complexity index is 711. The van der Waals surface area contributed by atoms with E-state index in [4.69, 9.17) is 10.00 Å². The number of benzene rings is 1. The van der Waals surface area contributed by atoms with Crippen molar-refractivity contribution >= 4 is 11.7 Å². The molecule has 1 saturated heterocycles. The first kappa shape index (κ1) is 16.6. The molecule has 1 saturated carbocycles. The van der Waals surface area contributed by atoms with Crippen LogP contribution in [0.25, 0.3) is 0 Å². The van der Waals surface area contributed by atoms with E-state index in [1.54, 1.807) is 11.0 Å². The van der Waals surface area contributed by atoms with Gasteiger partial charge in [0.2, 0.25) is 0 Å². The summed E-state index contributed by atoms with van der Waals surface area (Å²) in [6.07, 6.45) is -2.23. The van der Waals surface area contributed by atoms with Crippen molar-refractivity contribution in [1.29, 1.82) is 5.26 Å². The SMILES string of the molecule is COC(=O)C12CCCC1CN(c1ccc(C#N)cc1C(F)(F)F)C2. The van der Waals surface area contributed by atoms with Crippen molar-refractivity contribution in [2.24, 2.45) is 11.3 Å². The van der Waals surface area contributed by atoms with Gasteiger partial charge in [-0.15, -0.1) is 0 Å². The summed E-state index contributed by atoms with van der Waals surface area (Å²) >= 11 is 0. The molecule has 1 aromatic rings. The van der Waals surface area contributed by atoms with Gasteiger partial charge in [-0.1, -0.05) is 6.42 Å². The molecule has 128 valence electrons. The molecule has 0 amide bonds. The number of anilines is 1. The Balaban J connectivity index is 2.00. The second-order valence-corrected chi connectivity index (χ2v) is 6.46. The number of halogens is 3. The second-order valence-electron chi connectivity index (χ2n) is 6.46.